The van der Waals surface area contributed by atoms with Crippen molar-refractivity contribution in [3.63, 3.8) is 0 Å². The zero-order chi connectivity index (χ0) is 11.9. The van der Waals surface area contributed by atoms with Gasteiger partial charge in [0.1, 0.15) is 0 Å². The molecule has 2 rings (SSSR count). The van der Waals surface area contributed by atoms with Crippen molar-refractivity contribution in [1.82, 2.24) is 10.3 Å². The van der Waals surface area contributed by atoms with E-state index in [1.54, 1.807) is 0 Å². The van der Waals surface area contributed by atoms with Gasteiger partial charge in [-0.25, -0.2) is 0 Å². The molecule has 1 aromatic heterocycles. The lowest BCUT2D eigenvalue weighted by Crippen LogP contribution is -2.29. The van der Waals surface area contributed by atoms with Crippen LogP contribution in [0.2, 0.25) is 0 Å². The Balaban J connectivity index is 1.82. The van der Waals surface area contributed by atoms with Crippen molar-refractivity contribution in [1.29, 1.82) is 0 Å². The number of hydrogen-bond donors (Lipinski definition) is 1. The van der Waals surface area contributed by atoms with Gasteiger partial charge in [-0.15, -0.1) is 0 Å². The van der Waals surface area contributed by atoms with Crippen molar-refractivity contribution in [2.24, 2.45) is 0 Å². The average molecular weight is 232 g/mol. The number of rotatable bonds is 3. The van der Waals surface area contributed by atoms with E-state index in [2.05, 4.69) is 23.3 Å². The van der Waals surface area contributed by atoms with Crippen molar-refractivity contribution >= 4 is 0 Å². The summed E-state index contributed by atoms with van der Waals surface area (Å²) in [6, 6.07) is 4.85. The molecule has 0 aliphatic heterocycles. The van der Waals surface area contributed by atoms with E-state index in [1.165, 1.54) is 56.2 Å². The Morgan fingerprint density at radius 3 is 2.59 bits per heavy atom. The molecule has 0 bridgehead atoms. The largest absolute Gasteiger partial charge is 0.308 e. The third kappa shape index (κ3) is 4.12. The molecule has 1 aliphatic rings. The van der Waals surface area contributed by atoms with Gasteiger partial charge in [-0.3, -0.25) is 4.98 Å². The number of hydrogen-bond acceptors (Lipinski definition) is 2. The molecule has 0 saturated heterocycles. The van der Waals surface area contributed by atoms with E-state index in [1.807, 2.05) is 12.3 Å². The summed E-state index contributed by atoms with van der Waals surface area (Å²) < 4.78 is 0. The SMILES string of the molecule is Cc1cccnc1CNC1CCCCCCC1. The lowest BCUT2D eigenvalue weighted by Gasteiger charge is -2.21. The first-order valence-corrected chi connectivity index (χ1v) is 7.00. The molecule has 0 spiro atoms. The number of nitrogens with one attached hydrogen (secondary N) is 1. The quantitative estimate of drug-likeness (QED) is 0.861. The fourth-order valence-electron chi connectivity index (χ4n) is 2.60. The molecule has 0 aromatic carbocycles. The van der Waals surface area contributed by atoms with Gasteiger partial charge in [-0.2, -0.15) is 0 Å². The lowest BCUT2D eigenvalue weighted by atomic mass is 9.96. The number of aryl methyl sites for hydroxylation is 1. The first kappa shape index (κ1) is 12.6. The molecule has 1 N–H and O–H groups in total. The molecule has 1 fully saturated rings. The summed E-state index contributed by atoms with van der Waals surface area (Å²) in [5, 5.41) is 3.68. The topological polar surface area (TPSA) is 24.9 Å². The van der Waals surface area contributed by atoms with Crippen molar-refractivity contribution in [3.05, 3.63) is 29.6 Å². The van der Waals surface area contributed by atoms with Crippen LogP contribution >= 0.6 is 0 Å². The fraction of sp³-hybridized carbons (Fsp3) is 0.667. The summed E-state index contributed by atoms with van der Waals surface area (Å²) in [7, 11) is 0. The highest BCUT2D eigenvalue weighted by Gasteiger charge is 2.11. The summed E-state index contributed by atoms with van der Waals surface area (Å²) in [6.45, 7) is 3.07. The molecule has 0 radical (unpaired) electrons. The van der Waals surface area contributed by atoms with Crippen LogP contribution in [-0.2, 0) is 6.54 Å². The minimum atomic E-state index is 0.705. The van der Waals surface area contributed by atoms with E-state index in [4.69, 9.17) is 0 Å². The summed E-state index contributed by atoms with van der Waals surface area (Å²) in [5.41, 5.74) is 2.50. The predicted octanol–water partition coefficient (Wildman–Crippen LogP) is 3.59. The van der Waals surface area contributed by atoms with Gasteiger partial charge >= 0.3 is 0 Å². The van der Waals surface area contributed by atoms with Crippen molar-refractivity contribution < 1.29 is 0 Å². The Morgan fingerprint density at radius 1 is 1.18 bits per heavy atom. The highest BCUT2D eigenvalue weighted by molar-refractivity contribution is 5.17. The van der Waals surface area contributed by atoms with Crippen LogP contribution in [0.3, 0.4) is 0 Å². The molecule has 1 aliphatic carbocycles. The van der Waals surface area contributed by atoms with Crippen LogP contribution in [0.5, 0.6) is 0 Å². The molecule has 94 valence electrons. The molecule has 2 heteroatoms. The maximum atomic E-state index is 4.44. The highest BCUT2D eigenvalue weighted by Crippen LogP contribution is 2.17. The summed E-state index contributed by atoms with van der Waals surface area (Å²) in [6.07, 6.45) is 11.6. The van der Waals surface area contributed by atoms with E-state index in [9.17, 15) is 0 Å². The maximum Gasteiger partial charge on any atom is 0.0570 e. The van der Waals surface area contributed by atoms with Gasteiger partial charge in [0.05, 0.1) is 5.69 Å². The highest BCUT2D eigenvalue weighted by atomic mass is 14.9. The molecule has 0 atom stereocenters. The van der Waals surface area contributed by atoms with Crippen LogP contribution in [0, 0.1) is 6.92 Å². The van der Waals surface area contributed by atoms with Gasteiger partial charge in [0.25, 0.3) is 0 Å². The van der Waals surface area contributed by atoms with Crippen LogP contribution in [0.1, 0.15) is 56.2 Å². The molecule has 1 heterocycles. The minimum Gasteiger partial charge on any atom is -0.308 e. The second-order valence-corrected chi connectivity index (χ2v) is 5.19. The van der Waals surface area contributed by atoms with Crippen molar-refractivity contribution in [2.75, 3.05) is 0 Å². The zero-order valence-corrected chi connectivity index (χ0v) is 10.9. The first-order chi connectivity index (χ1) is 8.36. The summed E-state index contributed by atoms with van der Waals surface area (Å²) in [5.74, 6) is 0. The lowest BCUT2D eigenvalue weighted by molar-refractivity contribution is 0.387. The molecule has 1 aromatic rings. The second-order valence-electron chi connectivity index (χ2n) is 5.19. The molecular formula is C15H24N2. The molecule has 0 unspecified atom stereocenters. The van der Waals surface area contributed by atoms with Gasteiger partial charge in [0, 0.05) is 18.8 Å². The van der Waals surface area contributed by atoms with Gasteiger partial charge < -0.3 is 5.32 Å². The zero-order valence-electron chi connectivity index (χ0n) is 10.9. The number of aromatic nitrogens is 1. The van der Waals surface area contributed by atoms with Gasteiger partial charge in [-0.1, -0.05) is 38.2 Å². The third-order valence-electron chi connectivity index (χ3n) is 3.78. The van der Waals surface area contributed by atoms with Gasteiger partial charge in [0.2, 0.25) is 0 Å². The van der Waals surface area contributed by atoms with Crippen LogP contribution in [-0.4, -0.2) is 11.0 Å². The van der Waals surface area contributed by atoms with Gasteiger partial charge in [0.15, 0.2) is 0 Å². The average Bonchev–Trinajstić information content (AvgIpc) is 2.29. The van der Waals surface area contributed by atoms with Crippen LogP contribution in [0.25, 0.3) is 0 Å². The van der Waals surface area contributed by atoms with Crippen molar-refractivity contribution in [3.8, 4) is 0 Å². The Labute approximate surface area is 105 Å². The van der Waals surface area contributed by atoms with Crippen molar-refractivity contribution in [2.45, 2.75) is 64.5 Å². The van der Waals surface area contributed by atoms with Crippen LogP contribution in [0.4, 0.5) is 0 Å². The summed E-state index contributed by atoms with van der Waals surface area (Å²) >= 11 is 0. The fourth-order valence-corrected chi connectivity index (χ4v) is 2.60. The van der Waals surface area contributed by atoms with E-state index >= 15 is 0 Å². The number of pyridine rings is 1. The maximum absolute atomic E-state index is 4.44. The third-order valence-corrected chi connectivity index (χ3v) is 3.78. The van der Waals surface area contributed by atoms with E-state index in [0.29, 0.717) is 6.04 Å². The Bertz CT molecular complexity index is 327. The van der Waals surface area contributed by atoms with E-state index in [-0.39, 0.29) is 0 Å². The Kier molecular flexibility index (Phi) is 4.99. The van der Waals surface area contributed by atoms with Crippen LogP contribution < -0.4 is 5.32 Å². The Morgan fingerprint density at radius 2 is 1.88 bits per heavy atom. The van der Waals surface area contributed by atoms with Crippen LogP contribution in [0.15, 0.2) is 18.3 Å². The first-order valence-electron chi connectivity index (χ1n) is 7.00. The molecule has 0 amide bonds. The summed E-state index contributed by atoms with van der Waals surface area (Å²) in [4.78, 5) is 4.44. The molecular weight excluding hydrogens is 208 g/mol. The normalized spacial score (nSPS) is 18.6. The smallest absolute Gasteiger partial charge is 0.0570 e. The standard InChI is InChI=1S/C15H24N2/c1-13-8-7-11-16-15(13)12-17-14-9-5-3-2-4-6-10-14/h7-8,11,14,17H,2-6,9-10,12H2,1H3. The number of nitrogens with zero attached hydrogens (tertiary/aromatic N) is 1. The minimum absolute atomic E-state index is 0.705. The molecule has 2 nitrogen and oxygen atoms in total. The van der Waals surface area contributed by atoms with Gasteiger partial charge in [-0.05, 0) is 31.4 Å². The van der Waals surface area contributed by atoms with E-state index in [0.717, 1.165) is 6.54 Å². The monoisotopic (exact) mass is 232 g/mol. The predicted molar refractivity (Wildman–Crippen MR) is 71.9 cm³/mol. The van der Waals surface area contributed by atoms with E-state index < -0.39 is 0 Å². The second kappa shape index (κ2) is 6.75. The molecule has 1 saturated carbocycles. The molecule has 17 heavy (non-hydrogen) atoms. The Hall–Kier alpha value is -0.890.